The summed E-state index contributed by atoms with van der Waals surface area (Å²) in [7, 11) is 1.56. The molecule has 0 radical (unpaired) electrons. The Kier molecular flexibility index (Phi) is 6.99. The van der Waals surface area contributed by atoms with Crippen molar-refractivity contribution < 1.29 is 23.8 Å². The van der Waals surface area contributed by atoms with E-state index in [2.05, 4.69) is 0 Å². The molecule has 0 fully saturated rings. The molecule has 0 aliphatic carbocycles. The normalized spacial score (nSPS) is 11.9. The number of carbonyl (C=O) groups excluding carboxylic acids is 2. The van der Waals surface area contributed by atoms with Crippen molar-refractivity contribution in [2.45, 2.75) is 59.2 Å². The van der Waals surface area contributed by atoms with E-state index in [4.69, 9.17) is 14.2 Å². The molecule has 0 spiro atoms. The summed E-state index contributed by atoms with van der Waals surface area (Å²) in [6.45, 7) is 11.1. The average Bonchev–Trinajstić information content (AvgIpc) is 2.18. The van der Waals surface area contributed by atoms with Gasteiger partial charge < -0.3 is 14.2 Å². The van der Waals surface area contributed by atoms with Gasteiger partial charge >= 0.3 is 12.2 Å². The first-order valence-corrected chi connectivity index (χ1v) is 6.69. The molecule has 6 heteroatoms. The lowest BCUT2D eigenvalue weighted by Crippen LogP contribution is -2.44. The molecule has 2 amide bonds. The third-order valence-electron chi connectivity index (χ3n) is 1.96. The molecule has 0 aromatic heterocycles. The minimum absolute atomic E-state index is 0.192. The summed E-state index contributed by atoms with van der Waals surface area (Å²) in [5.74, 6) is 0. The Balaban J connectivity index is 4.79. The second-order valence-corrected chi connectivity index (χ2v) is 6.46. The highest BCUT2D eigenvalue weighted by Gasteiger charge is 2.30. The Labute approximate surface area is 121 Å². The monoisotopic (exact) mass is 289 g/mol. The van der Waals surface area contributed by atoms with Gasteiger partial charge in [-0.05, 0) is 48.0 Å². The molecule has 0 N–H and O–H groups in total. The third kappa shape index (κ3) is 8.74. The number of ether oxygens (including phenoxy) is 3. The van der Waals surface area contributed by atoms with Crippen LogP contribution >= 0.6 is 0 Å². The van der Waals surface area contributed by atoms with Crippen LogP contribution in [0.2, 0.25) is 0 Å². The molecular weight excluding hydrogens is 262 g/mol. The van der Waals surface area contributed by atoms with E-state index in [1.165, 1.54) is 0 Å². The summed E-state index contributed by atoms with van der Waals surface area (Å²) in [6, 6.07) is 0. The van der Waals surface area contributed by atoms with E-state index in [0.29, 0.717) is 13.0 Å². The van der Waals surface area contributed by atoms with Gasteiger partial charge in [0.25, 0.3) is 0 Å². The molecule has 0 saturated heterocycles. The molecule has 0 aromatic carbocycles. The van der Waals surface area contributed by atoms with Gasteiger partial charge in [0, 0.05) is 20.3 Å². The van der Waals surface area contributed by atoms with Gasteiger partial charge in [0.15, 0.2) is 0 Å². The summed E-state index contributed by atoms with van der Waals surface area (Å²) in [5.41, 5.74) is -1.34. The number of amides is 2. The number of nitrogens with zero attached hydrogens (tertiary/aromatic N) is 1. The van der Waals surface area contributed by atoms with Crippen LogP contribution in [-0.2, 0) is 14.2 Å². The van der Waals surface area contributed by atoms with Crippen molar-refractivity contribution in [1.82, 2.24) is 4.90 Å². The molecule has 6 nitrogen and oxygen atoms in total. The standard InChI is InChI=1S/C14H27NO5/c1-13(2,3)19-11(16)15(9-8-10-18-7)12(17)20-14(4,5)6/h8-10H2,1-7H3. The third-order valence-corrected chi connectivity index (χ3v) is 1.96. The van der Waals surface area contributed by atoms with Gasteiger partial charge in [0.1, 0.15) is 11.2 Å². The molecule has 0 bridgehead atoms. The van der Waals surface area contributed by atoms with Crippen LogP contribution in [-0.4, -0.2) is 48.5 Å². The van der Waals surface area contributed by atoms with Crippen LogP contribution < -0.4 is 0 Å². The summed E-state index contributed by atoms with van der Waals surface area (Å²) in [4.78, 5) is 25.1. The van der Waals surface area contributed by atoms with E-state index in [-0.39, 0.29) is 6.54 Å². The minimum atomic E-state index is -0.706. The van der Waals surface area contributed by atoms with Crippen molar-refractivity contribution in [3.8, 4) is 0 Å². The summed E-state index contributed by atoms with van der Waals surface area (Å²) in [5, 5.41) is 0. The predicted octanol–water partition coefficient (Wildman–Crippen LogP) is 3.20. The highest BCUT2D eigenvalue weighted by Crippen LogP contribution is 2.14. The Bertz CT molecular complexity index is 299. The number of carbonyl (C=O) groups is 2. The van der Waals surface area contributed by atoms with Gasteiger partial charge in [-0.3, -0.25) is 0 Å². The lowest BCUT2D eigenvalue weighted by molar-refractivity contribution is 0.000281. The second-order valence-electron chi connectivity index (χ2n) is 6.46. The van der Waals surface area contributed by atoms with Gasteiger partial charge in [-0.25, -0.2) is 14.5 Å². The topological polar surface area (TPSA) is 65.1 Å². The van der Waals surface area contributed by atoms with Crippen molar-refractivity contribution >= 4 is 12.2 Å². The van der Waals surface area contributed by atoms with Crippen molar-refractivity contribution in [3.05, 3.63) is 0 Å². The van der Waals surface area contributed by atoms with Gasteiger partial charge in [0.2, 0.25) is 0 Å². The maximum Gasteiger partial charge on any atom is 0.419 e. The van der Waals surface area contributed by atoms with Crippen LogP contribution in [0.4, 0.5) is 9.59 Å². The van der Waals surface area contributed by atoms with E-state index in [1.807, 2.05) is 0 Å². The fraction of sp³-hybridized carbons (Fsp3) is 0.857. The molecule has 0 saturated carbocycles. The molecule has 0 aromatic rings. The average molecular weight is 289 g/mol. The molecule has 0 atom stereocenters. The van der Waals surface area contributed by atoms with E-state index in [9.17, 15) is 9.59 Å². The number of hydrogen-bond donors (Lipinski definition) is 0. The van der Waals surface area contributed by atoms with Crippen LogP contribution in [0.5, 0.6) is 0 Å². The SMILES string of the molecule is COCCCN(C(=O)OC(C)(C)C)C(=O)OC(C)(C)C. The van der Waals surface area contributed by atoms with E-state index in [0.717, 1.165) is 4.90 Å². The Morgan fingerprint density at radius 2 is 1.30 bits per heavy atom. The first kappa shape index (κ1) is 18.7. The number of methoxy groups -OCH3 is 1. The van der Waals surface area contributed by atoms with E-state index >= 15 is 0 Å². The molecule has 0 aliphatic heterocycles. The number of hydrogen-bond acceptors (Lipinski definition) is 5. The second kappa shape index (κ2) is 7.47. The molecule has 0 rings (SSSR count). The summed E-state index contributed by atoms with van der Waals surface area (Å²) in [6.07, 6.45) is -0.889. The Morgan fingerprint density at radius 1 is 0.900 bits per heavy atom. The van der Waals surface area contributed by atoms with Crippen molar-refractivity contribution in [2.24, 2.45) is 0 Å². The molecule has 0 aliphatic rings. The van der Waals surface area contributed by atoms with Gasteiger partial charge in [-0.15, -0.1) is 0 Å². The highest BCUT2D eigenvalue weighted by atomic mass is 16.6. The maximum absolute atomic E-state index is 12.0. The van der Waals surface area contributed by atoms with Crippen LogP contribution in [0.25, 0.3) is 0 Å². The minimum Gasteiger partial charge on any atom is -0.443 e. The molecule has 20 heavy (non-hydrogen) atoms. The first-order valence-electron chi connectivity index (χ1n) is 6.69. The lowest BCUT2D eigenvalue weighted by Gasteiger charge is -2.28. The van der Waals surface area contributed by atoms with Crippen LogP contribution in [0.3, 0.4) is 0 Å². The van der Waals surface area contributed by atoms with E-state index < -0.39 is 23.4 Å². The van der Waals surface area contributed by atoms with Crippen LogP contribution in [0.15, 0.2) is 0 Å². The zero-order valence-electron chi connectivity index (χ0n) is 13.6. The van der Waals surface area contributed by atoms with E-state index in [1.54, 1.807) is 48.7 Å². The number of rotatable bonds is 4. The fourth-order valence-electron chi connectivity index (χ4n) is 1.26. The molecule has 118 valence electrons. The zero-order valence-corrected chi connectivity index (χ0v) is 13.6. The zero-order chi connectivity index (χ0) is 16.0. The Hall–Kier alpha value is -1.30. The highest BCUT2D eigenvalue weighted by molar-refractivity contribution is 5.88. The predicted molar refractivity (Wildman–Crippen MR) is 75.7 cm³/mol. The van der Waals surface area contributed by atoms with Crippen LogP contribution in [0.1, 0.15) is 48.0 Å². The summed E-state index contributed by atoms with van der Waals surface area (Å²) < 4.78 is 15.3. The summed E-state index contributed by atoms with van der Waals surface area (Å²) >= 11 is 0. The van der Waals surface area contributed by atoms with Crippen molar-refractivity contribution in [2.75, 3.05) is 20.3 Å². The molecule has 0 unspecified atom stereocenters. The van der Waals surface area contributed by atoms with Crippen molar-refractivity contribution in [1.29, 1.82) is 0 Å². The van der Waals surface area contributed by atoms with Gasteiger partial charge in [-0.1, -0.05) is 0 Å². The molecular formula is C14H27NO5. The van der Waals surface area contributed by atoms with Gasteiger partial charge in [-0.2, -0.15) is 0 Å². The van der Waals surface area contributed by atoms with Crippen LogP contribution in [0, 0.1) is 0 Å². The Morgan fingerprint density at radius 3 is 1.60 bits per heavy atom. The maximum atomic E-state index is 12.0. The fourth-order valence-corrected chi connectivity index (χ4v) is 1.26. The largest absolute Gasteiger partial charge is 0.443 e. The lowest BCUT2D eigenvalue weighted by atomic mass is 10.2. The van der Waals surface area contributed by atoms with Crippen molar-refractivity contribution in [3.63, 3.8) is 0 Å². The smallest absolute Gasteiger partial charge is 0.419 e. The van der Waals surface area contributed by atoms with Gasteiger partial charge in [0.05, 0.1) is 0 Å². The first-order chi connectivity index (χ1) is 8.96. The quantitative estimate of drug-likeness (QED) is 0.744. The molecule has 0 heterocycles. The number of imide groups is 1.